The lowest BCUT2D eigenvalue weighted by Gasteiger charge is -2.38. The van der Waals surface area contributed by atoms with Gasteiger partial charge in [0, 0.05) is 25.7 Å². The van der Waals surface area contributed by atoms with Crippen LogP contribution in [0.1, 0.15) is 85.9 Å². The van der Waals surface area contributed by atoms with E-state index in [1.54, 1.807) is 55.8 Å². The van der Waals surface area contributed by atoms with Crippen molar-refractivity contribution >= 4 is 20.3 Å². The third-order valence-electron chi connectivity index (χ3n) is 7.95. The molecule has 0 heterocycles. The van der Waals surface area contributed by atoms with Gasteiger partial charge in [-0.3, -0.25) is 14.5 Å². The zero-order chi connectivity index (χ0) is 34.2. The van der Waals surface area contributed by atoms with E-state index in [-0.39, 0.29) is 11.5 Å². The van der Waals surface area contributed by atoms with Crippen LogP contribution in [0.2, 0.25) is 18.1 Å². The molecule has 2 aromatic carbocycles. The summed E-state index contributed by atoms with van der Waals surface area (Å²) in [7, 11) is 1.15. The van der Waals surface area contributed by atoms with Crippen molar-refractivity contribution in [1.82, 2.24) is 4.90 Å². The van der Waals surface area contributed by atoms with E-state index in [0.717, 1.165) is 11.1 Å². The minimum atomic E-state index is -2.04. The Bertz CT molecular complexity index is 1210. The Morgan fingerprint density at radius 2 is 1.31 bits per heavy atom. The van der Waals surface area contributed by atoms with Gasteiger partial charge in [-0.15, -0.1) is 0 Å². The highest BCUT2D eigenvalue weighted by molar-refractivity contribution is 6.74. The Morgan fingerprint density at radius 1 is 0.778 bits per heavy atom. The fourth-order valence-electron chi connectivity index (χ4n) is 4.61. The molecule has 1 atom stereocenters. The van der Waals surface area contributed by atoms with Crippen LogP contribution >= 0.6 is 0 Å². The maximum Gasteiger partial charge on any atom is 0.320 e. The number of hydrogen-bond acceptors (Lipinski definition) is 8. The van der Waals surface area contributed by atoms with Crippen molar-refractivity contribution in [3.05, 3.63) is 59.7 Å². The van der Waals surface area contributed by atoms with Gasteiger partial charge in [-0.2, -0.15) is 0 Å². The smallest absolute Gasteiger partial charge is 0.320 e. The molecule has 0 aliphatic rings. The van der Waals surface area contributed by atoms with Crippen molar-refractivity contribution in [3.63, 3.8) is 0 Å². The highest BCUT2D eigenvalue weighted by atomic mass is 28.4. The molecule has 0 bridgehead atoms. The predicted molar refractivity (Wildman–Crippen MR) is 182 cm³/mol. The molecule has 0 N–H and O–H groups in total. The van der Waals surface area contributed by atoms with Gasteiger partial charge in [0.15, 0.2) is 25.7 Å². The second kappa shape index (κ2) is 15.6. The molecule has 2 aromatic rings. The summed E-state index contributed by atoms with van der Waals surface area (Å²) < 4.78 is 29.4. The first kappa shape index (κ1) is 38.3. The van der Waals surface area contributed by atoms with E-state index in [0.29, 0.717) is 31.2 Å². The fourth-order valence-corrected chi connectivity index (χ4v) is 5.65. The maximum atomic E-state index is 13.7. The second-order valence-corrected chi connectivity index (χ2v) is 19.9. The number of nitrogens with zero attached hydrogens (tertiary/aromatic N) is 1. The molecule has 0 amide bonds. The van der Waals surface area contributed by atoms with Crippen LogP contribution in [0.4, 0.5) is 0 Å². The van der Waals surface area contributed by atoms with Gasteiger partial charge in [0.2, 0.25) is 0 Å². The first-order valence-electron chi connectivity index (χ1n) is 15.8. The van der Waals surface area contributed by atoms with Crippen LogP contribution in [0.25, 0.3) is 0 Å². The largest absolute Gasteiger partial charge is 0.493 e. The lowest BCUT2D eigenvalue weighted by molar-refractivity contribution is -0.175. The zero-order valence-corrected chi connectivity index (χ0v) is 30.9. The van der Waals surface area contributed by atoms with Crippen molar-refractivity contribution in [2.75, 3.05) is 27.4 Å². The van der Waals surface area contributed by atoms with Crippen molar-refractivity contribution < 1.29 is 33.0 Å². The van der Waals surface area contributed by atoms with Gasteiger partial charge < -0.3 is 23.4 Å². The number of rotatable bonds is 14. The molecule has 0 unspecified atom stereocenters. The highest BCUT2D eigenvalue weighted by Crippen LogP contribution is 2.38. The van der Waals surface area contributed by atoms with Crippen LogP contribution in [0, 0.1) is 5.92 Å². The van der Waals surface area contributed by atoms with Gasteiger partial charge >= 0.3 is 11.9 Å². The van der Waals surface area contributed by atoms with Crippen molar-refractivity contribution in [2.45, 2.75) is 111 Å². The van der Waals surface area contributed by atoms with Gasteiger partial charge in [0.1, 0.15) is 11.2 Å². The Morgan fingerprint density at radius 3 is 1.78 bits per heavy atom. The summed E-state index contributed by atoms with van der Waals surface area (Å²) in [5, 5.41) is 0.0541. The molecule has 45 heavy (non-hydrogen) atoms. The zero-order valence-electron chi connectivity index (χ0n) is 29.9. The molecule has 8 nitrogen and oxygen atoms in total. The van der Waals surface area contributed by atoms with Crippen LogP contribution < -0.4 is 9.47 Å². The van der Waals surface area contributed by atoms with E-state index >= 15 is 0 Å². The number of benzene rings is 2. The van der Waals surface area contributed by atoms with E-state index in [9.17, 15) is 9.59 Å². The van der Waals surface area contributed by atoms with Gasteiger partial charge in [-0.25, -0.2) is 0 Å². The molecule has 0 saturated heterocycles. The van der Waals surface area contributed by atoms with Crippen LogP contribution in [0.5, 0.6) is 11.5 Å². The van der Waals surface area contributed by atoms with Gasteiger partial charge in [-0.1, -0.05) is 57.2 Å². The third-order valence-corrected chi connectivity index (χ3v) is 12.5. The summed E-state index contributed by atoms with van der Waals surface area (Å²) in [6.07, 6.45) is 0.131. The van der Waals surface area contributed by atoms with Crippen LogP contribution in [-0.2, 0) is 30.0 Å². The van der Waals surface area contributed by atoms with Crippen LogP contribution in [0.3, 0.4) is 0 Å². The molecule has 9 heteroatoms. The molecule has 0 saturated carbocycles. The van der Waals surface area contributed by atoms with Crippen LogP contribution in [0.15, 0.2) is 48.5 Å². The summed E-state index contributed by atoms with van der Waals surface area (Å²) in [5.41, 5.74) is 0.405. The molecule has 0 aliphatic carbocycles. The summed E-state index contributed by atoms with van der Waals surface area (Å²) in [4.78, 5) is 29.7. The Labute approximate surface area is 272 Å². The molecule has 0 fully saturated rings. The predicted octanol–water partition coefficient (Wildman–Crippen LogP) is 7.96. The van der Waals surface area contributed by atoms with E-state index in [1.165, 1.54) is 0 Å². The number of hydrogen-bond donors (Lipinski definition) is 0. The summed E-state index contributed by atoms with van der Waals surface area (Å²) >= 11 is 0. The normalized spacial score (nSPS) is 13.5. The van der Waals surface area contributed by atoms with E-state index < -0.39 is 43.4 Å². The highest BCUT2D eigenvalue weighted by Gasteiger charge is 2.40. The number of carbonyl (C=O) groups excluding carboxylic acids is 2. The number of esters is 2. The fraction of sp³-hybridized carbons (Fsp3) is 0.611. The molecular formula is C36H57NO7Si. The molecule has 0 spiro atoms. The Hall–Kier alpha value is -2.88. The number of carbonyl (C=O) groups is 2. The average Bonchev–Trinajstić information content (AvgIpc) is 2.90. The second-order valence-electron chi connectivity index (χ2n) is 15.1. The Balaban J connectivity index is 2.68. The molecule has 0 aromatic heterocycles. The van der Waals surface area contributed by atoms with Crippen molar-refractivity contribution in [2.24, 2.45) is 5.92 Å². The van der Waals surface area contributed by atoms with Gasteiger partial charge in [0.05, 0.1) is 14.2 Å². The van der Waals surface area contributed by atoms with E-state index in [4.69, 9.17) is 23.4 Å². The minimum Gasteiger partial charge on any atom is -0.493 e. The molecule has 0 radical (unpaired) electrons. The molecule has 0 aliphatic heterocycles. The molecule has 252 valence electrons. The maximum absolute atomic E-state index is 13.7. The summed E-state index contributed by atoms with van der Waals surface area (Å²) in [6.45, 7) is 23.5. The van der Waals surface area contributed by atoms with Crippen LogP contribution in [-0.4, -0.2) is 63.7 Å². The van der Waals surface area contributed by atoms with E-state index in [1.807, 2.05) is 36.4 Å². The van der Waals surface area contributed by atoms with E-state index in [2.05, 4.69) is 50.9 Å². The lowest BCUT2D eigenvalue weighted by atomic mass is 9.92. The SMILES string of the molecule is COc1ccc([C@@H](CC(C(=O)OC(C)(C)C)C(=O)OC(C)(C)C)N(CCO[Si](C)(C)C(C)(C)C)Cc2ccccc2)cc1OC. The monoisotopic (exact) mass is 643 g/mol. The summed E-state index contributed by atoms with van der Waals surface area (Å²) in [5.74, 6) is -1.24. The van der Waals surface area contributed by atoms with Crippen molar-refractivity contribution in [3.8, 4) is 11.5 Å². The first-order valence-corrected chi connectivity index (χ1v) is 18.7. The average molecular weight is 644 g/mol. The number of ether oxygens (including phenoxy) is 4. The third kappa shape index (κ3) is 12.1. The molecular weight excluding hydrogens is 586 g/mol. The van der Waals surface area contributed by atoms with Gasteiger partial charge in [0.25, 0.3) is 0 Å². The number of methoxy groups -OCH3 is 2. The topological polar surface area (TPSA) is 83.5 Å². The first-order chi connectivity index (χ1) is 20.7. The quantitative estimate of drug-likeness (QED) is 0.117. The van der Waals surface area contributed by atoms with Crippen molar-refractivity contribution in [1.29, 1.82) is 0 Å². The van der Waals surface area contributed by atoms with Gasteiger partial charge in [-0.05, 0) is 89.4 Å². The standard InChI is InChI=1S/C36H57NO7Si/c1-34(2,3)43-32(38)28(33(39)44-35(4,5)6)24-29(27-19-20-30(40-10)31(23-27)41-11)37(25-26-17-15-14-16-18-26)21-22-42-45(12,13)36(7,8)9/h14-20,23,28-29H,21-22,24-25H2,1-13H3/t29-/m1/s1. The lowest BCUT2D eigenvalue weighted by Crippen LogP contribution is -2.44. The Kier molecular flexibility index (Phi) is 13.3. The summed E-state index contributed by atoms with van der Waals surface area (Å²) in [6, 6.07) is 15.5. The minimum absolute atomic E-state index is 0.0541. The molecule has 2 rings (SSSR count).